The second kappa shape index (κ2) is 5.37. The molecule has 0 saturated heterocycles. The number of carbonyl (C=O) groups excluding carboxylic acids is 1. The Labute approximate surface area is 118 Å². The van der Waals surface area contributed by atoms with Gasteiger partial charge in [0.1, 0.15) is 10.5 Å². The van der Waals surface area contributed by atoms with Gasteiger partial charge >= 0.3 is 5.97 Å². The van der Waals surface area contributed by atoms with Crippen LogP contribution >= 0.6 is 0 Å². The highest BCUT2D eigenvalue weighted by Crippen LogP contribution is 2.30. The minimum atomic E-state index is -4.55. The molecule has 2 rings (SSSR count). The number of hydrogen-bond donors (Lipinski definition) is 1. The molecule has 114 valence electrons. The molecule has 0 bridgehead atoms. The number of nitro benzene ring substituents is 1. The van der Waals surface area contributed by atoms with Crippen molar-refractivity contribution >= 4 is 21.7 Å². The molecule has 0 aliphatic heterocycles. The summed E-state index contributed by atoms with van der Waals surface area (Å²) in [6.07, 6.45) is 1.76. The Bertz CT molecular complexity index is 714. The molecule has 0 atom stereocenters. The van der Waals surface area contributed by atoms with Crippen LogP contribution < -0.4 is 5.14 Å². The van der Waals surface area contributed by atoms with Gasteiger partial charge in [-0.2, -0.15) is 0 Å². The Balaban J connectivity index is 2.44. The van der Waals surface area contributed by atoms with E-state index < -0.39 is 42.9 Å². The average molecular weight is 318 g/mol. The Morgan fingerprint density at radius 2 is 2.10 bits per heavy atom. The van der Waals surface area contributed by atoms with E-state index in [1.54, 1.807) is 0 Å². The van der Waals surface area contributed by atoms with E-state index in [9.17, 15) is 27.7 Å². The summed E-state index contributed by atoms with van der Waals surface area (Å²) in [6.45, 7) is 0.0612. The lowest BCUT2D eigenvalue weighted by atomic mass is 10.2. The Morgan fingerprint density at radius 1 is 1.48 bits per heavy atom. The molecule has 1 aromatic rings. The molecule has 2 N–H and O–H groups in total. The number of nitrogens with zero attached hydrogens (tertiary/aromatic N) is 1. The minimum Gasteiger partial charge on any atom is -0.462 e. The third kappa shape index (κ3) is 3.52. The highest BCUT2D eigenvalue weighted by molar-refractivity contribution is 7.89. The first kappa shape index (κ1) is 15.3. The summed E-state index contributed by atoms with van der Waals surface area (Å²) in [4.78, 5) is 20.4. The van der Waals surface area contributed by atoms with E-state index in [-0.39, 0.29) is 12.5 Å². The summed E-state index contributed by atoms with van der Waals surface area (Å²) in [6, 6.07) is 1.08. The van der Waals surface area contributed by atoms with Gasteiger partial charge in [-0.25, -0.2) is 22.7 Å². The number of esters is 1. The number of halogens is 1. The number of nitrogens with two attached hydrogens (primary N) is 1. The summed E-state index contributed by atoms with van der Waals surface area (Å²) in [5, 5.41) is 15.5. The minimum absolute atomic E-state index is 0.0612. The fourth-order valence-electron chi connectivity index (χ4n) is 1.60. The molecular formula is C11H11FN2O6S. The first-order valence-electron chi connectivity index (χ1n) is 5.88. The normalized spacial score (nSPS) is 14.8. The number of ether oxygens (including phenoxy) is 1. The third-order valence-corrected chi connectivity index (χ3v) is 3.82. The number of nitro groups is 1. The summed E-state index contributed by atoms with van der Waals surface area (Å²) in [5.74, 6) is -2.41. The van der Waals surface area contributed by atoms with Crippen LogP contribution in [0, 0.1) is 21.8 Å². The van der Waals surface area contributed by atoms with Gasteiger partial charge in [-0.1, -0.05) is 0 Å². The van der Waals surface area contributed by atoms with E-state index in [1.807, 2.05) is 0 Å². The standard InChI is InChI=1S/C11H11FN2O6S/c12-10-8(11(15)20-5-6-1-2-6)3-7(14(16)17)4-9(10)21(13,18)19/h3-4,6H,1-2,5H2,(H2,13,18,19). The SMILES string of the molecule is NS(=O)(=O)c1cc([N+](=O)[O-])cc(C(=O)OCC2CC2)c1F. The molecule has 1 aliphatic rings. The van der Waals surface area contributed by atoms with Crippen LogP contribution in [0.3, 0.4) is 0 Å². The van der Waals surface area contributed by atoms with Gasteiger partial charge in [0.15, 0.2) is 5.82 Å². The van der Waals surface area contributed by atoms with Crippen molar-refractivity contribution in [1.29, 1.82) is 0 Å². The van der Waals surface area contributed by atoms with Crippen molar-refractivity contribution < 1.29 is 27.3 Å². The van der Waals surface area contributed by atoms with E-state index >= 15 is 0 Å². The molecule has 0 spiro atoms. The summed E-state index contributed by atoms with van der Waals surface area (Å²) in [7, 11) is -4.55. The second-order valence-electron chi connectivity index (χ2n) is 4.65. The zero-order valence-electron chi connectivity index (χ0n) is 10.6. The smallest absolute Gasteiger partial charge is 0.341 e. The molecule has 1 aromatic carbocycles. The van der Waals surface area contributed by atoms with Crippen molar-refractivity contribution in [3.05, 3.63) is 33.6 Å². The van der Waals surface area contributed by atoms with Gasteiger partial charge in [0, 0.05) is 12.1 Å². The van der Waals surface area contributed by atoms with E-state index in [4.69, 9.17) is 9.88 Å². The van der Waals surface area contributed by atoms with Crippen LogP contribution in [0.15, 0.2) is 17.0 Å². The van der Waals surface area contributed by atoms with Gasteiger partial charge in [-0.15, -0.1) is 0 Å². The van der Waals surface area contributed by atoms with E-state index in [2.05, 4.69) is 0 Å². The van der Waals surface area contributed by atoms with Crippen molar-refractivity contribution in [1.82, 2.24) is 0 Å². The van der Waals surface area contributed by atoms with Gasteiger partial charge < -0.3 is 4.74 Å². The molecule has 0 amide bonds. The van der Waals surface area contributed by atoms with E-state index in [1.165, 1.54) is 0 Å². The summed E-state index contributed by atoms with van der Waals surface area (Å²) in [5.41, 5.74) is -1.59. The predicted molar refractivity (Wildman–Crippen MR) is 67.4 cm³/mol. The zero-order chi connectivity index (χ0) is 15.8. The molecule has 1 saturated carbocycles. The van der Waals surface area contributed by atoms with Gasteiger partial charge in [0.05, 0.1) is 11.5 Å². The average Bonchev–Trinajstić information content (AvgIpc) is 3.18. The molecular weight excluding hydrogens is 307 g/mol. The van der Waals surface area contributed by atoms with Crippen LogP contribution in [-0.4, -0.2) is 25.9 Å². The molecule has 8 nitrogen and oxygen atoms in total. The quantitative estimate of drug-likeness (QED) is 0.488. The van der Waals surface area contributed by atoms with Crippen LogP contribution in [0.4, 0.5) is 10.1 Å². The zero-order valence-corrected chi connectivity index (χ0v) is 11.4. The monoisotopic (exact) mass is 318 g/mol. The van der Waals surface area contributed by atoms with E-state index in [0.29, 0.717) is 12.1 Å². The largest absolute Gasteiger partial charge is 0.462 e. The number of primary sulfonamides is 1. The van der Waals surface area contributed by atoms with Gasteiger partial charge in [0.2, 0.25) is 10.0 Å². The van der Waals surface area contributed by atoms with Crippen molar-refractivity contribution in [3.8, 4) is 0 Å². The lowest BCUT2D eigenvalue weighted by Gasteiger charge is -2.07. The van der Waals surface area contributed by atoms with Crippen molar-refractivity contribution in [2.24, 2.45) is 11.1 Å². The maximum Gasteiger partial charge on any atom is 0.341 e. The first-order chi connectivity index (χ1) is 9.70. The van der Waals surface area contributed by atoms with Crippen LogP contribution in [0.1, 0.15) is 23.2 Å². The summed E-state index contributed by atoms with van der Waals surface area (Å²) < 4.78 is 41.3. The lowest BCUT2D eigenvalue weighted by molar-refractivity contribution is -0.385. The fourth-order valence-corrected chi connectivity index (χ4v) is 2.24. The third-order valence-electron chi connectivity index (χ3n) is 2.91. The Morgan fingerprint density at radius 3 is 2.57 bits per heavy atom. The number of hydrogen-bond acceptors (Lipinski definition) is 6. The number of carbonyl (C=O) groups is 1. The van der Waals surface area contributed by atoms with Crippen LogP contribution in [0.25, 0.3) is 0 Å². The molecule has 1 aliphatic carbocycles. The maximum absolute atomic E-state index is 14.0. The molecule has 1 fully saturated rings. The number of non-ortho nitro benzene ring substituents is 1. The molecule has 0 aromatic heterocycles. The topological polar surface area (TPSA) is 130 Å². The number of sulfonamides is 1. The van der Waals surface area contributed by atoms with Crippen LogP contribution in [0.5, 0.6) is 0 Å². The van der Waals surface area contributed by atoms with Gasteiger partial charge in [-0.05, 0) is 18.8 Å². The molecule has 0 unspecified atom stereocenters. The Kier molecular flexibility index (Phi) is 3.92. The fraction of sp³-hybridized carbons (Fsp3) is 0.364. The number of benzene rings is 1. The van der Waals surface area contributed by atoms with Gasteiger partial charge in [0.25, 0.3) is 5.69 Å². The molecule has 21 heavy (non-hydrogen) atoms. The first-order valence-corrected chi connectivity index (χ1v) is 7.42. The van der Waals surface area contributed by atoms with Crippen LogP contribution in [0.2, 0.25) is 0 Å². The van der Waals surface area contributed by atoms with Gasteiger partial charge in [-0.3, -0.25) is 10.1 Å². The highest BCUT2D eigenvalue weighted by Gasteiger charge is 2.29. The van der Waals surface area contributed by atoms with Crippen LogP contribution in [-0.2, 0) is 14.8 Å². The summed E-state index contributed by atoms with van der Waals surface area (Å²) >= 11 is 0. The Hall–Kier alpha value is -2.07. The second-order valence-corrected chi connectivity index (χ2v) is 6.18. The van der Waals surface area contributed by atoms with Crippen molar-refractivity contribution in [2.45, 2.75) is 17.7 Å². The molecule has 10 heteroatoms. The molecule has 0 radical (unpaired) electrons. The highest BCUT2D eigenvalue weighted by atomic mass is 32.2. The predicted octanol–water partition coefficient (Wildman–Crippen LogP) is 0.948. The lowest BCUT2D eigenvalue weighted by Crippen LogP contribution is -2.18. The van der Waals surface area contributed by atoms with E-state index in [0.717, 1.165) is 12.8 Å². The molecule has 0 heterocycles. The maximum atomic E-state index is 14.0. The number of rotatable bonds is 5. The van der Waals surface area contributed by atoms with Crippen molar-refractivity contribution in [2.75, 3.05) is 6.61 Å². The van der Waals surface area contributed by atoms with Crippen molar-refractivity contribution in [3.63, 3.8) is 0 Å².